The Balaban J connectivity index is 1.04. The highest BCUT2D eigenvalue weighted by Crippen LogP contribution is 2.45. The van der Waals surface area contributed by atoms with E-state index in [9.17, 15) is 9.59 Å². The van der Waals surface area contributed by atoms with Gasteiger partial charge in [-0.1, -0.05) is 44.2 Å². The average Bonchev–Trinajstić information content (AvgIpc) is 3.66. The second-order valence-corrected chi connectivity index (χ2v) is 13.5. The van der Waals surface area contributed by atoms with E-state index in [0.29, 0.717) is 49.5 Å². The number of hydrogen-bond acceptors (Lipinski definition) is 6. The first kappa shape index (κ1) is 29.3. The van der Waals surface area contributed by atoms with Crippen LogP contribution in [-0.2, 0) is 9.59 Å². The minimum atomic E-state index is -0.113. The molecule has 9 heteroatoms. The number of carbonyl (C=O) groups excluding carboxylic acids is 2. The lowest BCUT2D eigenvalue weighted by Crippen LogP contribution is -2.56. The molecule has 9 nitrogen and oxygen atoms in total. The third-order valence-corrected chi connectivity index (χ3v) is 10.4. The van der Waals surface area contributed by atoms with E-state index in [0.717, 1.165) is 69.0 Å². The first-order chi connectivity index (χ1) is 20.4. The molecule has 4 fully saturated rings. The van der Waals surface area contributed by atoms with Gasteiger partial charge in [0.05, 0.1) is 18.0 Å². The molecule has 4 atom stereocenters. The second-order valence-electron chi connectivity index (χ2n) is 13.5. The van der Waals surface area contributed by atoms with Gasteiger partial charge in [0, 0.05) is 44.1 Å². The van der Waals surface area contributed by atoms with Crippen LogP contribution in [0.3, 0.4) is 0 Å². The molecule has 4 aliphatic rings. The Morgan fingerprint density at radius 3 is 2.52 bits per heavy atom. The fourth-order valence-corrected chi connectivity index (χ4v) is 7.96. The molecule has 2 N–H and O–H groups in total. The number of rotatable bonds is 11. The van der Waals surface area contributed by atoms with Crippen LogP contribution in [0.2, 0.25) is 0 Å². The normalized spacial score (nSPS) is 25.6. The van der Waals surface area contributed by atoms with Gasteiger partial charge in [0.1, 0.15) is 11.6 Å². The van der Waals surface area contributed by atoms with Crippen molar-refractivity contribution in [2.75, 3.05) is 32.7 Å². The molecule has 2 bridgehead atoms. The molecule has 1 aromatic heterocycles. The van der Waals surface area contributed by atoms with Crippen LogP contribution in [0, 0.1) is 18.8 Å². The number of piperidine rings is 1. The van der Waals surface area contributed by atoms with Gasteiger partial charge in [0.15, 0.2) is 0 Å². The van der Waals surface area contributed by atoms with Crippen molar-refractivity contribution in [1.82, 2.24) is 35.2 Å². The molecule has 6 rings (SSSR count). The molecule has 42 heavy (non-hydrogen) atoms. The van der Waals surface area contributed by atoms with Crippen LogP contribution in [-0.4, -0.2) is 81.2 Å². The molecule has 0 radical (unpaired) electrons. The maximum atomic E-state index is 13.4. The van der Waals surface area contributed by atoms with Crippen LogP contribution >= 0.6 is 0 Å². The Hall–Kier alpha value is -2.78. The van der Waals surface area contributed by atoms with E-state index in [4.69, 9.17) is 0 Å². The van der Waals surface area contributed by atoms with Crippen LogP contribution in [0.25, 0.3) is 0 Å². The Bertz CT molecular complexity index is 1220. The predicted molar refractivity (Wildman–Crippen MR) is 163 cm³/mol. The number of carbonyl (C=O) groups is 2. The average molecular weight is 576 g/mol. The zero-order chi connectivity index (χ0) is 29.2. The van der Waals surface area contributed by atoms with E-state index < -0.39 is 0 Å². The maximum Gasteiger partial charge on any atom is 0.227 e. The van der Waals surface area contributed by atoms with Crippen molar-refractivity contribution in [2.24, 2.45) is 11.8 Å². The number of aromatic nitrogens is 3. The van der Waals surface area contributed by atoms with E-state index in [1.165, 1.54) is 12.8 Å². The van der Waals surface area contributed by atoms with Crippen molar-refractivity contribution in [3.8, 4) is 0 Å². The van der Waals surface area contributed by atoms with Gasteiger partial charge in [0.25, 0.3) is 0 Å². The zero-order valence-corrected chi connectivity index (χ0v) is 25.7. The Morgan fingerprint density at radius 1 is 1.02 bits per heavy atom. The Kier molecular flexibility index (Phi) is 8.96. The smallest absolute Gasteiger partial charge is 0.227 e. The van der Waals surface area contributed by atoms with Crippen LogP contribution < -0.4 is 10.6 Å². The van der Waals surface area contributed by atoms with Gasteiger partial charge >= 0.3 is 0 Å². The van der Waals surface area contributed by atoms with Gasteiger partial charge in [-0.25, -0.2) is 0 Å². The van der Waals surface area contributed by atoms with Crippen molar-refractivity contribution < 1.29 is 9.59 Å². The van der Waals surface area contributed by atoms with Gasteiger partial charge in [-0.3, -0.25) is 14.5 Å². The third-order valence-electron chi connectivity index (χ3n) is 10.4. The number of hydrogen-bond donors (Lipinski definition) is 2. The minimum absolute atomic E-state index is 0.0373. The van der Waals surface area contributed by atoms with E-state index in [1.54, 1.807) is 0 Å². The predicted octanol–water partition coefficient (Wildman–Crippen LogP) is 3.97. The summed E-state index contributed by atoms with van der Waals surface area (Å²) in [5.74, 6) is 3.29. The van der Waals surface area contributed by atoms with Crippen molar-refractivity contribution >= 4 is 11.8 Å². The van der Waals surface area contributed by atoms with Gasteiger partial charge < -0.3 is 20.1 Å². The summed E-state index contributed by atoms with van der Waals surface area (Å²) < 4.78 is 2.41. The summed E-state index contributed by atoms with van der Waals surface area (Å²) in [6.07, 6.45) is 8.38. The molecule has 228 valence electrons. The van der Waals surface area contributed by atoms with Crippen LogP contribution in [0.15, 0.2) is 30.3 Å². The number of aryl methyl sites for hydroxylation is 1. The minimum Gasteiger partial charge on any atom is -0.349 e. The van der Waals surface area contributed by atoms with E-state index in [1.807, 2.05) is 11.0 Å². The molecule has 0 aliphatic carbocycles. The fourth-order valence-electron chi connectivity index (χ4n) is 7.96. The molecule has 4 aliphatic heterocycles. The molecule has 2 aromatic rings. The molecule has 2 amide bonds. The van der Waals surface area contributed by atoms with Crippen molar-refractivity contribution in [3.05, 3.63) is 47.5 Å². The molecular formula is C33H49N7O2. The molecule has 0 saturated carbocycles. The molecule has 3 unspecified atom stereocenters. The van der Waals surface area contributed by atoms with Gasteiger partial charge in [0.2, 0.25) is 11.8 Å². The first-order valence-electron chi connectivity index (χ1n) is 16.4. The number of benzene rings is 1. The number of likely N-dealkylation sites (tertiary alicyclic amines) is 1. The lowest BCUT2D eigenvalue weighted by Gasteiger charge is -2.39. The molecular weight excluding hydrogens is 526 g/mol. The third kappa shape index (κ3) is 6.13. The second kappa shape index (κ2) is 12.8. The van der Waals surface area contributed by atoms with Crippen molar-refractivity contribution in [1.29, 1.82) is 0 Å². The maximum absolute atomic E-state index is 13.4. The molecule has 1 aromatic carbocycles. The first-order valence-corrected chi connectivity index (χ1v) is 16.4. The summed E-state index contributed by atoms with van der Waals surface area (Å²) in [7, 11) is 0. The summed E-state index contributed by atoms with van der Waals surface area (Å²) in [6, 6.07) is 11.8. The van der Waals surface area contributed by atoms with Crippen molar-refractivity contribution in [2.45, 2.75) is 102 Å². The Labute approximate surface area is 250 Å². The number of fused-ring (bicyclic) bond motifs is 2. The lowest BCUT2D eigenvalue weighted by molar-refractivity contribution is -0.143. The summed E-state index contributed by atoms with van der Waals surface area (Å²) in [5, 5.41) is 15.7. The fraction of sp³-hybridized carbons (Fsp3) is 0.697. The van der Waals surface area contributed by atoms with E-state index in [2.05, 4.69) is 75.3 Å². The number of nitrogens with one attached hydrogen (secondary N) is 2. The van der Waals surface area contributed by atoms with Crippen molar-refractivity contribution in [3.63, 3.8) is 0 Å². The highest BCUT2D eigenvalue weighted by atomic mass is 16.2. The largest absolute Gasteiger partial charge is 0.349 e. The standard InChI is InChI=1S/C33H49N7O2/c1-22(2)32-37-36-23(3)40(32)30-19-27-10-11-29(30)39(27)18-15-28(25-7-5-4-6-8-25)35-33(42)26-20-38(21-26)31(41)12-9-24-13-16-34-17-14-24/h4-8,22,24,26-30,34H,9-21H2,1-3H3,(H,35,42)/t27?,28-,29?,30?/m0/s1. The monoisotopic (exact) mass is 575 g/mol. The van der Waals surface area contributed by atoms with Gasteiger partial charge in [-0.05, 0) is 76.4 Å². The highest BCUT2D eigenvalue weighted by molar-refractivity contribution is 5.84. The molecule has 0 spiro atoms. The Morgan fingerprint density at radius 2 is 1.79 bits per heavy atom. The molecule has 4 saturated heterocycles. The van der Waals surface area contributed by atoms with E-state index >= 15 is 0 Å². The van der Waals surface area contributed by atoms with Gasteiger partial charge in [-0.15, -0.1) is 10.2 Å². The number of nitrogens with zero attached hydrogens (tertiary/aromatic N) is 5. The van der Waals surface area contributed by atoms with Crippen LogP contribution in [0.4, 0.5) is 0 Å². The summed E-state index contributed by atoms with van der Waals surface area (Å²) in [4.78, 5) is 30.7. The van der Waals surface area contributed by atoms with Crippen LogP contribution in [0.5, 0.6) is 0 Å². The SMILES string of the molecule is Cc1nnc(C(C)C)n1C1CC2CCC1N2CC[C@H](NC(=O)C1CN(C(=O)CCC2CCNCC2)C1)c1ccccc1. The summed E-state index contributed by atoms with van der Waals surface area (Å²) >= 11 is 0. The van der Waals surface area contributed by atoms with Crippen LogP contribution in [0.1, 0.15) is 100 Å². The quantitative estimate of drug-likeness (QED) is 0.421. The number of amides is 2. The highest BCUT2D eigenvalue weighted by Gasteiger charge is 2.48. The lowest BCUT2D eigenvalue weighted by atomic mass is 9.91. The molecule has 5 heterocycles. The summed E-state index contributed by atoms with van der Waals surface area (Å²) in [6.45, 7) is 10.7. The zero-order valence-electron chi connectivity index (χ0n) is 25.7. The summed E-state index contributed by atoms with van der Waals surface area (Å²) in [5.41, 5.74) is 1.15. The van der Waals surface area contributed by atoms with E-state index in [-0.39, 0.29) is 23.8 Å². The van der Waals surface area contributed by atoms with Gasteiger partial charge in [-0.2, -0.15) is 0 Å². The topological polar surface area (TPSA) is 95.4 Å².